The van der Waals surface area contributed by atoms with Crippen LogP contribution in [-0.4, -0.2) is 28.5 Å². The molecule has 15 heavy (non-hydrogen) atoms. The highest BCUT2D eigenvalue weighted by Crippen LogP contribution is 2.42. The Labute approximate surface area is 87.7 Å². The molecule has 1 aliphatic rings. The first-order chi connectivity index (χ1) is 7.15. The minimum absolute atomic E-state index is 0.0529. The summed E-state index contributed by atoms with van der Waals surface area (Å²) < 4.78 is 5.14. The molecular formula is C11H14O4. The largest absolute Gasteiger partial charge is 0.508 e. The lowest BCUT2D eigenvalue weighted by Crippen LogP contribution is -2.29. The highest BCUT2D eigenvalue weighted by molar-refractivity contribution is 5.44. The molecule has 1 aromatic rings. The van der Waals surface area contributed by atoms with Crippen LogP contribution >= 0.6 is 0 Å². The van der Waals surface area contributed by atoms with Crippen molar-refractivity contribution in [2.75, 3.05) is 7.11 Å². The van der Waals surface area contributed by atoms with E-state index in [1.165, 1.54) is 13.2 Å². The molecule has 0 heterocycles. The van der Waals surface area contributed by atoms with Gasteiger partial charge in [0, 0.05) is 19.1 Å². The fourth-order valence-corrected chi connectivity index (χ4v) is 2.12. The number of ether oxygens (including phenoxy) is 1. The minimum atomic E-state index is -0.786. The summed E-state index contributed by atoms with van der Waals surface area (Å²) in [6.07, 6.45) is -1.86. The van der Waals surface area contributed by atoms with E-state index in [0.29, 0.717) is 11.1 Å². The number of fused-ring (bicyclic) bond motifs is 1. The zero-order chi connectivity index (χ0) is 11.0. The maximum Gasteiger partial charge on any atom is 0.121 e. The number of rotatable bonds is 1. The molecule has 1 aromatic carbocycles. The standard InChI is InChI=1S/C11H14O4/c1-15-11-9(14)5-8(13)6-3-2-4-7(12)10(6)11/h2-4,8-9,11-14H,5H2,1H3/t8-,9+,11+/m1/s1. The van der Waals surface area contributed by atoms with E-state index in [-0.39, 0.29) is 12.2 Å². The molecule has 2 rings (SSSR count). The summed E-state index contributed by atoms with van der Waals surface area (Å²) in [6, 6.07) is 4.93. The molecule has 0 amide bonds. The molecule has 0 unspecified atom stereocenters. The van der Waals surface area contributed by atoms with Gasteiger partial charge in [0.15, 0.2) is 0 Å². The molecule has 3 atom stereocenters. The van der Waals surface area contributed by atoms with Gasteiger partial charge >= 0.3 is 0 Å². The number of phenols is 1. The van der Waals surface area contributed by atoms with Crippen LogP contribution < -0.4 is 0 Å². The summed E-state index contributed by atoms with van der Waals surface area (Å²) in [6.45, 7) is 0. The third kappa shape index (κ3) is 1.61. The van der Waals surface area contributed by atoms with Crippen molar-refractivity contribution < 1.29 is 20.1 Å². The summed E-state index contributed by atoms with van der Waals surface area (Å²) in [7, 11) is 1.47. The van der Waals surface area contributed by atoms with Gasteiger partial charge in [-0.15, -0.1) is 0 Å². The second-order valence-electron chi connectivity index (χ2n) is 3.76. The smallest absolute Gasteiger partial charge is 0.121 e. The van der Waals surface area contributed by atoms with Crippen LogP contribution in [-0.2, 0) is 4.74 Å². The van der Waals surface area contributed by atoms with Crippen molar-refractivity contribution in [1.29, 1.82) is 0 Å². The zero-order valence-corrected chi connectivity index (χ0v) is 8.42. The van der Waals surface area contributed by atoms with E-state index >= 15 is 0 Å². The Morgan fingerprint density at radius 3 is 2.73 bits per heavy atom. The molecule has 0 saturated heterocycles. The molecule has 0 saturated carbocycles. The van der Waals surface area contributed by atoms with E-state index in [9.17, 15) is 15.3 Å². The second-order valence-corrected chi connectivity index (χ2v) is 3.76. The Balaban J connectivity index is 2.54. The third-order valence-corrected chi connectivity index (χ3v) is 2.83. The van der Waals surface area contributed by atoms with Crippen LogP contribution in [0.2, 0.25) is 0 Å². The first kappa shape index (κ1) is 10.4. The number of aliphatic hydroxyl groups is 2. The molecule has 3 N–H and O–H groups in total. The van der Waals surface area contributed by atoms with Crippen molar-refractivity contribution in [3.63, 3.8) is 0 Å². The first-order valence-corrected chi connectivity index (χ1v) is 4.86. The van der Waals surface area contributed by atoms with Crippen LogP contribution in [0, 0.1) is 0 Å². The third-order valence-electron chi connectivity index (χ3n) is 2.83. The summed E-state index contributed by atoms with van der Waals surface area (Å²) >= 11 is 0. The number of hydrogen-bond acceptors (Lipinski definition) is 4. The van der Waals surface area contributed by atoms with E-state index < -0.39 is 18.3 Å². The van der Waals surface area contributed by atoms with Crippen LogP contribution in [0.15, 0.2) is 18.2 Å². The van der Waals surface area contributed by atoms with E-state index in [2.05, 4.69) is 0 Å². The Kier molecular flexibility index (Phi) is 2.65. The molecule has 0 spiro atoms. The molecule has 82 valence electrons. The normalized spacial score (nSPS) is 29.9. The Morgan fingerprint density at radius 2 is 2.07 bits per heavy atom. The number of phenolic OH excluding ortho intramolecular Hbond substituents is 1. The second kappa shape index (κ2) is 3.81. The lowest BCUT2D eigenvalue weighted by molar-refractivity contribution is -0.0515. The number of aromatic hydroxyl groups is 1. The average Bonchev–Trinajstić information content (AvgIpc) is 2.20. The van der Waals surface area contributed by atoms with E-state index in [1.54, 1.807) is 12.1 Å². The van der Waals surface area contributed by atoms with Gasteiger partial charge in [0.25, 0.3) is 0 Å². The van der Waals surface area contributed by atoms with Crippen molar-refractivity contribution in [3.05, 3.63) is 29.3 Å². The zero-order valence-electron chi connectivity index (χ0n) is 8.42. The van der Waals surface area contributed by atoms with Gasteiger partial charge in [0.05, 0.1) is 12.2 Å². The molecule has 0 bridgehead atoms. The summed E-state index contributed by atoms with van der Waals surface area (Å²) in [5, 5.41) is 29.1. The molecule has 0 fully saturated rings. The number of benzene rings is 1. The molecule has 0 radical (unpaired) electrons. The summed E-state index contributed by atoms with van der Waals surface area (Å²) in [5.41, 5.74) is 1.12. The van der Waals surface area contributed by atoms with Crippen LogP contribution in [0.25, 0.3) is 0 Å². The Hall–Kier alpha value is -1.10. The predicted molar refractivity (Wildman–Crippen MR) is 53.4 cm³/mol. The van der Waals surface area contributed by atoms with Gasteiger partial charge < -0.3 is 20.1 Å². The quantitative estimate of drug-likeness (QED) is 0.643. The molecule has 4 nitrogen and oxygen atoms in total. The highest BCUT2D eigenvalue weighted by atomic mass is 16.5. The van der Waals surface area contributed by atoms with Crippen molar-refractivity contribution in [1.82, 2.24) is 0 Å². The van der Waals surface area contributed by atoms with Gasteiger partial charge in [0.1, 0.15) is 11.9 Å². The van der Waals surface area contributed by atoms with E-state index in [4.69, 9.17) is 4.74 Å². The lowest BCUT2D eigenvalue weighted by atomic mass is 9.85. The van der Waals surface area contributed by atoms with Gasteiger partial charge in [-0.05, 0) is 11.6 Å². The molecular weight excluding hydrogens is 196 g/mol. The molecule has 4 heteroatoms. The Morgan fingerprint density at radius 1 is 1.33 bits per heavy atom. The summed E-state index contributed by atoms with van der Waals surface area (Å²) in [5.74, 6) is 0.0529. The van der Waals surface area contributed by atoms with E-state index in [0.717, 1.165) is 0 Å². The van der Waals surface area contributed by atoms with Gasteiger partial charge in [-0.25, -0.2) is 0 Å². The average molecular weight is 210 g/mol. The van der Waals surface area contributed by atoms with Crippen molar-refractivity contribution >= 4 is 0 Å². The van der Waals surface area contributed by atoms with Crippen molar-refractivity contribution in [2.24, 2.45) is 0 Å². The van der Waals surface area contributed by atoms with Crippen LogP contribution in [0.5, 0.6) is 5.75 Å². The van der Waals surface area contributed by atoms with Crippen LogP contribution in [0.3, 0.4) is 0 Å². The van der Waals surface area contributed by atoms with Gasteiger partial charge in [-0.1, -0.05) is 12.1 Å². The lowest BCUT2D eigenvalue weighted by Gasteiger charge is -2.32. The van der Waals surface area contributed by atoms with Gasteiger partial charge in [-0.3, -0.25) is 0 Å². The molecule has 0 aliphatic heterocycles. The maximum atomic E-state index is 9.74. The number of methoxy groups -OCH3 is 1. The fourth-order valence-electron chi connectivity index (χ4n) is 2.12. The van der Waals surface area contributed by atoms with E-state index in [1.807, 2.05) is 0 Å². The SMILES string of the molecule is CO[C@@H]1c2c(O)cccc2[C@H](O)C[C@@H]1O. The van der Waals surface area contributed by atoms with Gasteiger partial charge in [-0.2, -0.15) is 0 Å². The van der Waals surface area contributed by atoms with Gasteiger partial charge in [0.2, 0.25) is 0 Å². The summed E-state index contributed by atoms with van der Waals surface area (Å²) in [4.78, 5) is 0. The fraction of sp³-hybridized carbons (Fsp3) is 0.455. The topological polar surface area (TPSA) is 69.9 Å². The van der Waals surface area contributed by atoms with Crippen LogP contribution in [0.1, 0.15) is 29.8 Å². The molecule has 0 aromatic heterocycles. The maximum absolute atomic E-state index is 9.74. The molecule has 1 aliphatic carbocycles. The van der Waals surface area contributed by atoms with Crippen LogP contribution in [0.4, 0.5) is 0 Å². The number of aliphatic hydroxyl groups excluding tert-OH is 2. The first-order valence-electron chi connectivity index (χ1n) is 4.86. The van der Waals surface area contributed by atoms with Crippen molar-refractivity contribution in [3.8, 4) is 5.75 Å². The highest BCUT2D eigenvalue weighted by Gasteiger charge is 2.35. The monoisotopic (exact) mass is 210 g/mol. The predicted octanol–water partition coefficient (Wildman–Crippen LogP) is 0.878. The number of hydrogen-bond donors (Lipinski definition) is 3. The van der Waals surface area contributed by atoms with Crippen molar-refractivity contribution in [2.45, 2.75) is 24.7 Å². The Bertz CT molecular complexity index is 364. The minimum Gasteiger partial charge on any atom is -0.508 e.